The third-order valence-electron chi connectivity index (χ3n) is 4.59. The number of carboxylic acid groups (broad SMARTS) is 1. The fourth-order valence-electron chi connectivity index (χ4n) is 3.30. The van der Waals surface area contributed by atoms with Crippen LogP contribution in [0.4, 0.5) is 0 Å². The molecule has 0 saturated carbocycles. The van der Waals surface area contributed by atoms with Crippen molar-refractivity contribution in [2.24, 2.45) is 5.92 Å². The summed E-state index contributed by atoms with van der Waals surface area (Å²) in [6.07, 6.45) is 1.97. The van der Waals surface area contributed by atoms with Crippen LogP contribution >= 0.6 is 0 Å². The van der Waals surface area contributed by atoms with Crippen LogP contribution in [0.3, 0.4) is 0 Å². The van der Waals surface area contributed by atoms with Gasteiger partial charge >= 0.3 is 5.97 Å². The summed E-state index contributed by atoms with van der Waals surface area (Å²) in [4.78, 5) is 37.5. The summed E-state index contributed by atoms with van der Waals surface area (Å²) >= 11 is 0. The molecule has 0 aromatic heterocycles. The van der Waals surface area contributed by atoms with Crippen LogP contribution in [0.5, 0.6) is 0 Å². The number of hydrogen-bond donors (Lipinski definition) is 3. The molecule has 2 rings (SSSR count). The van der Waals surface area contributed by atoms with Gasteiger partial charge in [-0.2, -0.15) is 0 Å². The molecule has 1 heterocycles. The molecule has 1 aliphatic heterocycles. The van der Waals surface area contributed by atoms with E-state index >= 15 is 0 Å². The number of carboxylic acids is 1. The van der Waals surface area contributed by atoms with Crippen molar-refractivity contribution in [3.63, 3.8) is 0 Å². The van der Waals surface area contributed by atoms with Crippen molar-refractivity contribution in [1.29, 1.82) is 0 Å². The summed E-state index contributed by atoms with van der Waals surface area (Å²) < 4.78 is 0. The van der Waals surface area contributed by atoms with E-state index in [0.29, 0.717) is 13.0 Å². The van der Waals surface area contributed by atoms with Crippen molar-refractivity contribution < 1.29 is 19.5 Å². The minimum absolute atomic E-state index is 0.234. The lowest BCUT2D eigenvalue weighted by molar-refractivity contribution is -0.139. The van der Waals surface area contributed by atoms with Crippen molar-refractivity contribution >= 4 is 17.8 Å². The Morgan fingerprint density at radius 1 is 1.38 bits per heavy atom. The highest BCUT2D eigenvalue weighted by atomic mass is 16.4. The first-order valence-electron chi connectivity index (χ1n) is 8.51. The Hall–Kier alpha value is -2.67. The van der Waals surface area contributed by atoms with E-state index in [1.807, 2.05) is 30.3 Å². The second-order valence-electron chi connectivity index (χ2n) is 6.58. The van der Waals surface area contributed by atoms with Gasteiger partial charge in [0.2, 0.25) is 11.8 Å². The van der Waals surface area contributed by atoms with Crippen molar-refractivity contribution in [1.82, 2.24) is 15.5 Å². The minimum Gasteiger partial charge on any atom is -0.480 e. The number of rotatable bonds is 7. The van der Waals surface area contributed by atoms with Crippen LogP contribution in [0.2, 0.25) is 0 Å². The number of hydrogen-bond acceptors (Lipinski definition) is 4. The molecule has 1 unspecified atom stereocenters. The highest BCUT2D eigenvalue weighted by molar-refractivity contribution is 5.88. The topological polar surface area (TPSA) is 98.7 Å². The predicted octanol–water partition coefficient (Wildman–Crippen LogP) is 0.767. The van der Waals surface area contributed by atoms with Crippen LogP contribution in [0.25, 0.3) is 0 Å². The molecule has 3 N–H and O–H groups in total. The zero-order valence-electron chi connectivity index (χ0n) is 15.0. The van der Waals surface area contributed by atoms with E-state index in [-0.39, 0.29) is 17.7 Å². The van der Waals surface area contributed by atoms with Gasteiger partial charge < -0.3 is 15.3 Å². The largest absolute Gasteiger partial charge is 0.480 e. The number of nitrogens with zero attached hydrogens (tertiary/aromatic N) is 1. The van der Waals surface area contributed by atoms with E-state index in [1.165, 1.54) is 11.8 Å². The second-order valence-corrected chi connectivity index (χ2v) is 6.58. The van der Waals surface area contributed by atoms with Gasteiger partial charge in [-0.1, -0.05) is 36.4 Å². The molecule has 1 fully saturated rings. The van der Waals surface area contributed by atoms with Crippen LogP contribution in [-0.2, 0) is 20.9 Å². The minimum atomic E-state index is -0.981. The van der Waals surface area contributed by atoms with Gasteiger partial charge in [-0.15, -0.1) is 6.58 Å². The Morgan fingerprint density at radius 2 is 2.04 bits per heavy atom. The van der Waals surface area contributed by atoms with Gasteiger partial charge in [0, 0.05) is 26.6 Å². The number of benzene rings is 1. The maximum Gasteiger partial charge on any atom is 0.320 e. The second kappa shape index (κ2) is 8.62. The van der Waals surface area contributed by atoms with Gasteiger partial charge in [-0.3, -0.25) is 19.7 Å². The molecule has 4 atom stereocenters. The molecule has 7 heteroatoms. The summed E-state index contributed by atoms with van der Waals surface area (Å²) in [5.41, 5.74) is 0.966. The summed E-state index contributed by atoms with van der Waals surface area (Å²) in [5, 5.41) is 14.9. The fraction of sp³-hybridized carbons (Fsp3) is 0.421. The lowest BCUT2D eigenvalue weighted by Crippen LogP contribution is -2.58. The van der Waals surface area contributed by atoms with Gasteiger partial charge in [0.05, 0.1) is 0 Å². The van der Waals surface area contributed by atoms with Gasteiger partial charge in [-0.05, 0) is 17.9 Å². The van der Waals surface area contributed by atoms with Crippen LogP contribution in [0, 0.1) is 5.92 Å². The molecule has 2 amide bonds. The summed E-state index contributed by atoms with van der Waals surface area (Å²) in [5.74, 6) is -1.84. The zero-order valence-corrected chi connectivity index (χ0v) is 15.0. The molecule has 0 bridgehead atoms. The van der Waals surface area contributed by atoms with Gasteiger partial charge in [0.15, 0.2) is 0 Å². The normalized spacial score (nSPS) is 23.1. The molecular formula is C19H25N3O4. The van der Waals surface area contributed by atoms with E-state index in [4.69, 9.17) is 0 Å². The van der Waals surface area contributed by atoms with E-state index < -0.39 is 24.1 Å². The smallest absolute Gasteiger partial charge is 0.320 e. The first-order chi connectivity index (χ1) is 12.3. The average Bonchev–Trinajstić information content (AvgIpc) is 3.04. The van der Waals surface area contributed by atoms with Crippen molar-refractivity contribution in [3.8, 4) is 0 Å². The molecule has 26 heavy (non-hydrogen) atoms. The SMILES string of the molecule is C=C[C@@H]1C[C@H](C(=O)O)NC1[C@@H](NC(C)=O)C(=O)N(C)Cc1ccccc1. The lowest BCUT2D eigenvalue weighted by Gasteiger charge is -2.30. The van der Waals surface area contributed by atoms with Crippen LogP contribution in [0.15, 0.2) is 43.0 Å². The van der Waals surface area contributed by atoms with E-state index in [0.717, 1.165) is 5.56 Å². The summed E-state index contributed by atoms with van der Waals surface area (Å²) in [6, 6.07) is 7.35. The van der Waals surface area contributed by atoms with Gasteiger partial charge in [0.25, 0.3) is 0 Å². The number of aliphatic carboxylic acids is 1. The van der Waals surface area contributed by atoms with E-state index in [1.54, 1.807) is 13.1 Å². The summed E-state index contributed by atoms with van der Waals surface area (Å²) in [6.45, 7) is 5.48. The molecule has 1 aromatic carbocycles. The number of nitrogens with one attached hydrogen (secondary N) is 2. The Balaban J connectivity index is 2.19. The molecule has 0 radical (unpaired) electrons. The maximum atomic E-state index is 13.0. The Bertz CT molecular complexity index is 677. The van der Waals surface area contributed by atoms with Crippen LogP contribution in [-0.4, -0.2) is 53.0 Å². The highest BCUT2D eigenvalue weighted by Gasteiger charge is 2.43. The van der Waals surface area contributed by atoms with Gasteiger partial charge in [0.1, 0.15) is 12.1 Å². The Morgan fingerprint density at radius 3 is 2.58 bits per heavy atom. The summed E-state index contributed by atoms with van der Waals surface area (Å²) in [7, 11) is 1.66. The highest BCUT2D eigenvalue weighted by Crippen LogP contribution is 2.25. The fourth-order valence-corrected chi connectivity index (χ4v) is 3.30. The van der Waals surface area contributed by atoms with E-state index in [9.17, 15) is 19.5 Å². The third kappa shape index (κ3) is 4.70. The number of carbonyl (C=O) groups excluding carboxylic acids is 2. The first-order valence-corrected chi connectivity index (χ1v) is 8.51. The number of amides is 2. The average molecular weight is 359 g/mol. The molecule has 1 aliphatic rings. The third-order valence-corrected chi connectivity index (χ3v) is 4.59. The Labute approximate surface area is 153 Å². The van der Waals surface area contributed by atoms with Crippen molar-refractivity contribution in [3.05, 3.63) is 48.6 Å². The van der Waals surface area contributed by atoms with E-state index in [2.05, 4.69) is 17.2 Å². The monoisotopic (exact) mass is 359 g/mol. The standard InChI is InChI=1S/C19H25N3O4/c1-4-14-10-15(19(25)26)21-16(14)17(20-12(2)23)18(24)22(3)11-13-8-6-5-7-9-13/h4-9,14-17,21H,1,10-11H2,2-3H3,(H,20,23)(H,25,26)/t14-,15-,16?,17-/m1/s1. The quantitative estimate of drug-likeness (QED) is 0.625. The predicted molar refractivity (Wildman–Crippen MR) is 97.2 cm³/mol. The zero-order chi connectivity index (χ0) is 19.3. The number of likely N-dealkylation sites (N-methyl/N-ethyl adjacent to an activating group) is 1. The molecule has 0 spiro atoms. The van der Waals surface area contributed by atoms with Crippen LogP contribution in [0.1, 0.15) is 18.9 Å². The molecule has 140 valence electrons. The molecule has 1 aromatic rings. The van der Waals surface area contributed by atoms with Crippen molar-refractivity contribution in [2.45, 2.75) is 38.0 Å². The van der Waals surface area contributed by atoms with Gasteiger partial charge in [-0.25, -0.2) is 0 Å². The lowest BCUT2D eigenvalue weighted by atomic mass is 9.92. The molecular weight excluding hydrogens is 334 g/mol. The molecule has 0 aliphatic carbocycles. The number of carbonyl (C=O) groups is 3. The van der Waals surface area contributed by atoms with Crippen molar-refractivity contribution in [2.75, 3.05) is 7.05 Å². The maximum absolute atomic E-state index is 13.0. The van der Waals surface area contributed by atoms with Crippen LogP contribution < -0.4 is 10.6 Å². The molecule has 7 nitrogen and oxygen atoms in total. The Kier molecular flexibility index (Phi) is 6.52. The molecule has 1 saturated heterocycles. The first kappa shape index (κ1) is 19.7.